The van der Waals surface area contributed by atoms with Gasteiger partial charge in [0.15, 0.2) is 0 Å². The maximum Gasteiger partial charge on any atom is 0.130 e. The van der Waals surface area contributed by atoms with Crippen LogP contribution in [0, 0.1) is 19.3 Å². The Labute approximate surface area is 186 Å². The summed E-state index contributed by atoms with van der Waals surface area (Å²) in [5.41, 5.74) is 3.68. The van der Waals surface area contributed by atoms with E-state index in [2.05, 4.69) is 79.9 Å². The second-order valence-electron chi connectivity index (χ2n) is 8.57. The molecule has 164 valence electrons. The molecular weight excluding hydrogens is 392 g/mol. The SMILES string of the molecule is C=C(Sc1cc(OC)ccc1C)N(CCNCC(C)(C)C)c1ccnc(NC)c1C. The first kappa shape index (κ1) is 24.1. The fourth-order valence-electron chi connectivity index (χ4n) is 3.10. The lowest BCUT2D eigenvalue weighted by atomic mass is 9.97. The molecule has 1 heterocycles. The number of ether oxygens (including phenoxy) is 1. The summed E-state index contributed by atoms with van der Waals surface area (Å²) in [4.78, 5) is 7.86. The van der Waals surface area contributed by atoms with Crippen LogP contribution in [0.4, 0.5) is 11.5 Å². The van der Waals surface area contributed by atoms with Crippen molar-refractivity contribution in [2.45, 2.75) is 39.5 Å². The zero-order valence-corrected chi connectivity index (χ0v) is 20.2. The van der Waals surface area contributed by atoms with Crippen LogP contribution in [0.2, 0.25) is 0 Å². The zero-order chi connectivity index (χ0) is 22.3. The predicted molar refractivity (Wildman–Crippen MR) is 131 cm³/mol. The van der Waals surface area contributed by atoms with Gasteiger partial charge in [-0.25, -0.2) is 4.98 Å². The van der Waals surface area contributed by atoms with Gasteiger partial charge in [-0.1, -0.05) is 45.2 Å². The molecule has 1 aromatic heterocycles. The van der Waals surface area contributed by atoms with Crippen LogP contribution in [0.1, 0.15) is 31.9 Å². The first-order valence-electron chi connectivity index (χ1n) is 10.3. The third-order valence-corrected chi connectivity index (χ3v) is 5.91. The van der Waals surface area contributed by atoms with E-state index < -0.39 is 0 Å². The minimum Gasteiger partial charge on any atom is -0.497 e. The Hall–Kier alpha value is -2.18. The van der Waals surface area contributed by atoms with Gasteiger partial charge >= 0.3 is 0 Å². The lowest BCUT2D eigenvalue weighted by Gasteiger charge is -2.29. The first-order chi connectivity index (χ1) is 14.2. The number of methoxy groups -OCH3 is 1. The molecule has 0 saturated carbocycles. The van der Waals surface area contributed by atoms with E-state index in [-0.39, 0.29) is 5.41 Å². The van der Waals surface area contributed by atoms with E-state index in [1.807, 2.05) is 19.3 Å². The summed E-state index contributed by atoms with van der Waals surface area (Å²) >= 11 is 1.67. The van der Waals surface area contributed by atoms with Crippen molar-refractivity contribution in [2.24, 2.45) is 5.41 Å². The number of nitrogens with zero attached hydrogens (tertiary/aromatic N) is 2. The summed E-state index contributed by atoms with van der Waals surface area (Å²) in [5.74, 6) is 1.74. The van der Waals surface area contributed by atoms with Crippen LogP contribution in [0.3, 0.4) is 0 Å². The molecule has 0 unspecified atom stereocenters. The van der Waals surface area contributed by atoms with Gasteiger partial charge in [0.2, 0.25) is 0 Å². The van der Waals surface area contributed by atoms with Crippen molar-refractivity contribution in [3.05, 3.63) is 53.2 Å². The summed E-state index contributed by atoms with van der Waals surface area (Å²) in [5, 5.41) is 7.74. The quantitative estimate of drug-likeness (QED) is 0.387. The highest BCUT2D eigenvalue weighted by molar-refractivity contribution is 8.03. The first-order valence-corrected chi connectivity index (χ1v) is 11.1. The molecule has 0 saturated heterocycles. The number of thioether (sulfide) groups is 1. The van der Waals surface area contributed by atoms with E-state index in [1.54, 1.807) is 18.9 Å². The van der Waals surface area contributed by atoms with E-state index in [4.69, 9.17) is 4.74 Å². The minimum atomic E-state index is 0.250. The molecule has 6 heteroatoms. The van der Waals surface area contributed by atoms with Crippen molar-refractivity contribution in [2.75, 3.05) is 44.0 Å². The second kappa shape index (κ2) is 10.7. The van der Waals surface area contributed by atoms with Crippen LogP contribution >= 0.6 is 11.8 Å². The molecule has 2 rings (SSSR count). The van der Waals surface area contributed by atoms with E-state index in [1.165, 1.54) is 5.56 Å². The van der Waals surface area contributed by atoms with E-state index in [9.17, 15) is 0 Å². The monoisotopic (exact) mass is 428 g/mol. The average molecular weight is 429 g/mol. The van der Waals surface area contributed by atoms with Gasteiger partial charge in [0.05, 0.1) is 12.1 Å². The third-order valence-electron chi connectivity index (χ3n) is 4.79. The minimum absolute atomic E-state index is 0.250. The van der Waals surface area contributed by atoms with Crippen molar-refractivity contribution in [1.82, 2.24) is 10.3 Å². The average Bonchev–Trinajstić information content (AvgIpc) is 2.69. The van der Waals surface area contributed by atoms with E-state index >= 15 is 0 Å². The Kier molecular flexibility index (Phi) is 8.62. The van der Waals surface area contributed by atoms with Gasteiger partial charge in [-0.3, -0.25) is 0 Å². The summed E-state index contributed by atoms with van der Waals surface area (Å²) in [6, 6.07) is 8.20. The lowest BCUT2D eigenvalue weighted by Crippen LogP contribution is -2.35. The van der Waals surface area contributed by atoms with Gasteiger partial charge < -0.3 is 20.3 Å². The topological polar surface area (TPSA) is 49.4 Å². The molecule has 30 heavy (non-hydrogen) atoms. The van der Waals surface area contributed by atoms with Crippen molar-refractivity contribution >= 4 is 23.3 Å². The van der Waals surface area contributed by atoms with Crippen LogP contribution < -0.4 is 20.3 Å². The number of rotatable bonds is 10. The highest BCUT2D eigenvalue weighted by atomic mass is 32.2. The Morgan fingerprint density at radius 1 is 1.23 bits per heavy atom. The third kappa shape index (κ3) is 6.67. The molecule has 0 atom stereocenters. The van der Waals surface area contributed by atoms with Crippen LogP contribution in [0.25, 0.3) is 0 Å². The molecule has 0 aliphatic carbocycles. The van der Waals surface area contributed by atoms with Crippen LogP contribution in [0.15, 0.2) is 47.0 Å². The van der Waals surface area contributed by atoms with E-state index in [0.717, 1.165) is 52.4 Å². The standard InChI is InChI=1S/C24H36N4OS/c1-17-9-10-20(29-8)15-22(17)30-19(3)28(14-13-26-16-24(4,5)6)21-11-12-27-23(25-7)18(21)2/h9-12,15,26H,3,13-14,16H2,1-2,4-8H3,(H,25,27). The Morgan fingerprint density at radius 3 is 2.60 bits per heavy atom. The number of pyridine rings is 1. The van der Waals surface area contributed by atoms with E-state index in [0.29, 0.717) is 0 Å². The number of hydrogen-bond acceptors (Lipinski definition) is 6. The van der Waals surface area contributed by atoms with Crippen molar-refractivity contribution in [3.63, 3.8) is 0 Å². The van der Waals surface area contributed by atoms with Gasteiger partial charge in [-0.2, -0.15) is 0 Å². The molecule has 1 aromatic carbocycles. The van der Waals surface area contributed by atoms with Gasteiger partial charge in [0.25, 0.3) is 0 Å². The van der Waals surface area contributed by atoms with Crippen LogP contribution in [0.5, 0.6) is 5.75 Å². The van der Waals surface area contributed by atoms with Gasteiger partial charge in [0.1, 0.15) is 11.6 Å². The summed E-state index contributed by atoms with van der Waals surface area (Å²) in [6.07, 6.45) is 1.85. The van der Waals surface area contributed by atoms with Crippen molar-refractivity contribution in [1.29, 1.82) is 0 Å². The molecule has 2 N–H and O–H groups in total. The highest BCUT2D eigenvalue weighted by Crippen LogP contribution is 2.36. The predicted octanol–water partition coefficient (Wildman–Crippen LogP) is 5.45. The number of anilines is 2. The maximum absolute atomic E-state index is 5.41. The molecule has 0 aliphatic rings. The zero-order valence-electron chi connectivity index (χ0n) is 19.4. The molecule has 0 aliphatic heterocycles. The fraction of sp³-hybridized carbons (Fsp3) is 0.458. The molecular formula is C24H36N4OS. The molecule has 0 amide bonds. The number of hydrogen-bond donors (Lipinski definition) is 2. The highest BCUT2D eigenvalue weighted by Gasteiger charge is 2.18. The number of nitrogens with one attached hydrogen (secondary N) is 2. The molecule has 5 nitrogen and oxygen atoms in total. The lowest BCUT2D eigenvalue weighted by molar-refractivity contribution is 0.382. The Morgan fingerprint density at radius 2 is 1.97 bits per heavy atom. The number of aromatic nitrogens is 1. The maximum atomic E-state index is 5.41. The van der Waals surface area contributed by atoms with Gasteiger partial charge in [-0.05, 0) is 43.0 Å². The molecule has 0 fully saturated rings. The summed E-state index contributed by atoms with van der Waals surface area (Å²) in [7, 11) is 3.60. The largest absolute Gasteiger partial charge is 0.497 e. The van der Waals surface area contributed by atoms with Crippen molar-refractivity contribution < 1.29 is 4.74 Å². The van der Waals surface area contributed by atoms with Gasteiger partial charge in [-0.15, -0.1) is 0 Å². The summed E-state index contributed by atoms with van der Waals surface area (Å²) in [6.45, 7) is 18.0. The number of benzene rings is 1. The van der Waals surface area contributed by atoms with Crippen LogP contribution in [-0.2, 0) is 0 Å². The van der Waals surface area contributed by atoms with Crippen molar-refractivity contribution in [3.8, 4) is 5.75 Å². The van der Waals surface area contributed by atoms with Crippen LogP contribution in [-0.4, -0.2) is 38.8 Å². The molecule has 0 radical (unpaired) electrons. The normalized spacial score (nSPS) is 11.3. The smallest absolute Gasteiger partial charge is 0.130 e. The second-order valence-corrected chi connectivity index (χ2v) is 9.69. The Bertz CT molecular complexity index is 861. The summed E-state index contributed by atoms with van der Waals surface area (Å²) < 4.78 is 5.41. The van der Waals surface area contributed by atoms with Gasteiger partial charge in [0, 0.05) is 49.0 Å². The number of aryl methyl sites for hydroxylation is 1. The fourth-order valence-corrected chi connectivity index (χ4v) is 4.06. The Balaban J connectivity index is 2.27. The molecule has 2 aromatic rings. The molecule has 0 bridgehead atoms. The molecule has 0 spiro atoms.